The molecule has 0 spiro atoms. The van der Waals surface area contributed by atoms with E-state index in [1.165, 1.54) is 0 Å². The lowest BCUT2D eigenvalue weighted by molar-refractivity contribution is -0.153. The van der Waals surface area contributed by atoms with Gasteiger partial charge >= 0.3 is 5.97 Å². The van der Waals surface area contributed by atoms with Crippen molar-refractivity contribution in [3.05, 3.63) is 35.9 Å². The van der Waals surface area contributed by atoms with Gasteiger partial charge in [-0.3, -0.25) is 14.4 Å². The van der Waals surface area contributed by atoms with Crippen LogP contribution in [-0.2, 0) is 35.1 Å². The third-order valence-corrected chi connectivity index (χ3v) is 7.32. The Morgan fingerprint density at radius 1 is 1.22 bits per heavy atom. The van der Waals surface area contributed by atoms with Crippen LogP contribution in [0.5, 0.6) is 0 Å². The topological polar surface area (TPSA) is 123 Å². The summed E-state index contributed by atoms with van der Waals surface area (Å²) in [6.07, 6.45) is 3.58. The molecule has 2 fully saturated rings. The van der Waals surface area contributed by atoms with Crippen LogP contribution in [0.15, 0.2) is 30.3 Å². The Labute approximate surface area is 223 Å². The summed E-state index contributed by atoms with van der Waals surface area (Å²) in [6.45, 7) is 4.19. The highest BCUT2D eigenvalue weighted by Crippen LogP contribution is 2.26. The molecule has 0 saturated carbocycles. The molecular weight excluding hydrogens is 494 g/mol. The fourth-order valence-electron chi connectivity index (χ4n) is 4.72. The van der Waals surface area contributed by atoms with Crippen molar-refractivity contribution in [2.45, 2.75) is 82.2 Å². The van der Waals surface area contributed by atoms with E-state index in [4.69, 9.17) is 9.47 Å². The smallest absolute Gasteiger partial charge is 0.328 e. The number of thioether (sulfide) groups is 1. The summed E-state index contributed by atoms with van der Waals surface area (Å²) < 4.78 is 11.6. The van der Waals surface area contributed by atoms with Crippen molar-refractivity contribution in [2.75, 3.05) is 25.2 Å². The number of carbonyl (C=O) groups excluding carboxylic acids is 4. The molecule has 10 heteroatoms. The van der Waals surface area contributed by atoms with Gasteiger partial charge in [-0.25, -0.2) is 4.79 Å². The van der Waals surface area contributed by atoms with Crippen LogP contribution in [0.2, 0.25) is 0 Å². The van der Waals surface area contributed by atoms with Gasteiger partial charge in [0.25, 0.3) is 0 Å². The maximum Gasteiger partial charge on any atom is 0.328 e. The first-order valence-corrected chi connectivity index (χ1v) is 14.4. The molecule has 204 valence electrons. The van der Waals surface area contributed by atoms with Crippen molar-refractivity contribution in [1.29, 1.82) is 0 Å². The van der Waals surface area contributed by atoms with Gasteiger partial charge < -0.3 is 25.4 Å². The van der Waals surface area contributed by atoms with Gasteiger partial charge in [-0.2, -0.15) is 11.8 Å². The summed E-state index contributed by atoms with van der Waals surface area (Å²) in [4.78, 5) is 51.3. The number of amides is 2. The molecular formula is C27H39N3O6S. The number of ether oxygens (including phenoxy) is 2. The maximum atomic E-state index is 13.5. The van der Waals surface area contributed by atoms with Gasteiger partial charge in [0.05, 0.1) is 18.8 Å². The maximum absolute atomic E-state index is 13.5. The quantitative estimate of drug-likeness (QED) is 0.309. The lowest BCUT2D eigenvalue weighted by Gasteiger charge is -2.32. The molecule has 3 rings (SSSR count). The Morgan fingerprint density at radius 3 is 2.57 bits per heavy atom. The molecule has 3 N–H and O–H groups in total. The van der Waals surface area contributed by atoms with E-state index in [9.17, 15) is 19.2 Å². The van der Waals surface area contributed by atoms with Gasteiger partial charge in [-0.05, 0) is 63.6 Å². The first kappa shape index (κ1) is 29.1. The van der Waals surface area contributed by atoms with Crippen molar-refractivity contribution in [3.63, 3.8) is 0 Å². The fraction of sp³-hybridized carbons (Fsp3) is 0.630. The highest BCUT2D eigenvalue weighted by Gasteiger charge is 2.46. The Morgan fingerprint density at radius 2 is 1.97 bits per heavy atom. The molecule has 37 heavy (non-hydrogen) atoms. The van der Waals surface area contributed by atoms with Crippen LogP contribution in [0.25, 0.3) is 0 Å². The number of carbonyl (C=O) groups is 4. The first-order chi connectivity index (χ1) is 17.7. The van der Waals surface area contributed by atoms with Gasteiger partial charge in [-0.15, -0.1) is 0 Å². The Hall–Kier alpha value is -2.43. The zero-order valence-electron chi connectivity index (χ0n) is 21.9. The van der Waals surface area contributed by atoms with E-state index in [0.717, 1.165) is 12.0 Å². The SMILES string of the molecule is CSCCC(NC(=O)[C@H](Cc1ccccc1)OC[C@]1(C(=O)[C@@H]2CCC(=O)N2)CCCN1)C(=O)OC(C)C. The third kappa shape index (κ3) is 8.28. The summed E-state index contributed by atoms with van der Waals surface area (Å²) >= 11 is 1.58. The van der Waals surface area contributed by atoms with Crippen LogP contribution in [0, 0.1) is 0 Å². The average Bonchev–Trinajstić information content (AvgIpc) is 3.53. The van der Waals surface area contributed by atoms with E-state index in [-0.39, 0.29) is 30.8 Å². The standard InChI is InChI=1S/C27H39N3O6S/c1-18(2)36-26(34)21(12-15-37-3)30-25(33)22(16-19-8-5-4-6-9-19)35-17-27(13-7-14-28-27)24(32)20-10-11-23(31)29-20/h4-6,8-9,18,20-22,28H,7,10-17H2,1-3H3,(H,29,31)(H,30,33)/t20-,21?,22-,27-/m0/s1. The van der Waals surface area contributed by atoms with E-state index in [0.29, 0.717) is 38.0 Å². The summed E-state index contributed by atoms with van der Waals surface area (Å²) in [7, 11) is 0. The molecule has 0 aromatic heterocycles. The summed E-state index contributed by atoms with van der Waals surface area (Å²) in [6, 6.07) is 8.14. The van der Waals surface area contributed by atoms with Gasteiger partial charge in [-0.1, -0.05) is 30.3 Å². The first-order valence-electron chi connectivity index (χ1n) is 13.0. The second kappa shape index (κ2) is 13.9. The highest BCUT2D eigenvalue weighted by molar-refractivity contribution is 7.98. The number of hydrogen-bond donors (Lipinski definition) is 3. The number of benzene rings is 1. The second-order valence-corrected chi connectivity index (χ2v) is 10.9. The predicted octanol–water partition coefficient (Wildman–Crippen LogP) is 1.77. The number of hydrogen-bond acceptors (Lipinski definition) is 8. The largest absolute Gasteiger partial charge is 0.461 e. The van der Waals surface area contributed by atoms with Crippen molar-refractivity contribution in [1.82, 2.24) is 16.0 Å². The van der Waals surface area contributed by atoms with Gasteiger partial charge in [0.15, 0.2) is 5.78 Å². The van der Waals surface area contributed by atoms with Crippen molar-refractivity contribution < 1.29 is 28.7 Å². The van der Waals surface area contributed by atoms with Crippen LogP contribution in [0.4, 0.5) is 0 Å². The van der Waals surface area contributed by atoms with Crippen molar-refractivity contribution >= 4 is 35.3 Å². The van der Waals surface area contributed by atoms with E-state index >= 15 is 0 Å². The normalized spacial score (nSPS) is 22.9. The Kier molecular flexibility index (Phi) is 11.0. The van der Waals surface area contributed by atoms with Crippen LogP contribution >= 0.6 is 11.8 Å². The Bertz CT molecular complexity index is 935. The second-order valence-electron chi connectivity index (χ2n) is 9.95. The van der Waals surface area contributed by atoms with Gasteiger partial charge in [0.1, 0.15) is 17.7 Å². The predicted molar refractivity (Wildman–Crippen MR) is 142 cm³/mol. The van der Waals surface area contributed by atoms with E-state index in [1.807, 2.05) is 36.6 Å². The molecule has 1 aromatic carbocycles. The summed E-state index contributed by atoms with van der Waals surface area (Å²) in [5.74, 6) is -0.453. The summed E-state index contributed by atoms with van der Waals surface area (Å²) in [5, 5.41) is 8.90. The molecule has 2 heterocycles. The Balaban J connectivity index is 1.76. The van der Waals surface area contributed by atoms with Gasteiger partial charge in [0.2, 0.25) is 11.8 Å². The van der Waals surface area contributed by atoms with Crippen molar-refractivity contribution in [3.8, 4) is 0 Å². The minimum Gasteiger partial charge on any atom is -0.461 e. The number of rotatable bonds is 14. The number of Topliss-reactive ketones (excluding diaryl/α,β-unsaturated/α-hetero) is 1. The zero-order chi connectivity index (χ0) is 26.8. The van der Waals surface area contributed by atoms with Crippen molar-refractivity contribution in [2.24, 2.45) is 0 Å². The van der Waals surface area contributed by atoms with E-state index in [1.54, 1.807) is 25.6 Å². The molecule has 2 aliphatic rings. The monoisotopic (exact) mass is 533 g/mol. The van der Waals surface area contributed by atoms with E-state index in [2.05, 4.69) is 16.0 Å². The lowest BCUT2D eigenvalue weighted by atomic mass is 9.87. The molecule has 1 aromatic rings. The molecule has 0 aliphatic carbocycles. The molecule has 4 atom stereocenters. The van der Waals surface area contributed by atoms with Crippen LogP contribution in [0.3, 0.4) is 0 Å². The minimum atomic E-state index is -0.966. The molecule has 2 aliphatic heterocycles. The third-order valence-electron chi connectivity index (χ3n) is 6.68. The highest BCUT2D eigenvalue weighted by atomic mass is 32.2. The molecule has 0 radical (unpaired) electrons. The molecule has 0 bridgehead atoms. The molecule has 2 saturated heterocycles. The minimum absolute atomic E-state index is 0.00492. The fourth-order valence-corrected chi connectivity index (χ4v) is 5.19. The van der Waals surface area contributed by atoms with Crippen LogP contribution < -0.4 is 16.0 Å². The molecule has 2 amide bonds. The van der Waals surface area contributed by atoms with E-state index < -0.39 is 35.6 Å². The zero-order valence-corrected chi connectivity index (χ0v) is 22.7. The van der Waals surface area contributed by atoms with Crippen LogP contribution in [-0.4, -0.2) is 78.6 Å². The lowest BCUT2D eigenvalue weighted by Crippen LogP contribution is -2.58. The number of nitrogens with one attached hydrogen (secondary N) is 3. The molecule has 9 nitrogen and oxygen atoms in total. The van der Waals surface area contributed by atoms with Gasteiger partial charge in [0, 0.05) is 12.8 Å². The number of esters is 1. The van der Waals surface area contributed by atoms with Crippen LogP contribution in [0.1, 0.15) is 51.5 Å². The average molecular weight is 534 g/mol. The number of ketones is 1. The summed E-state index contributed by atoms with van der Waals surface area (Å²) in [5.41, 5.74) is -0.0670. The molecule has 1 unspecified atom stereocenters.